The first-order valence-corrected chi connectivity index (χ1v) is 12.6. The summed E-state index contributed by atoms with van der Waals surface area (Å²) >= 11 is 0. The molecule has 3 N–H and O–H groups in total. The molecule has 0 radical (unpaired) electrons. The Hall–Kier alpha value is -3.35. The van der Waals surface area contributed by atoms with E-state index in [2.05, 4.69) is 34.9 Å². The zero-order valence-corrected chi connectivity index (χ0v) is 19.8. The summed E-state index contributed by atoms with van der Waals surface area (Å²) in [4.78, 5) is 37.4. The number of aliphatic carboxylic acids is 1. The van der Waals surface area contributed by atoms with Crippen LogP contribution < -0.4 is 10.6 Å². The predicted octanol–water partition coefficient (Wildman–Crippen LogP) is 4.60. The van der Waals surface area contributed by atoms with Crippen molar-refractivity contribution in [3.63, 3.8) is 0 Å². The largest absolute Gasteiger partial charge is 0.481 e. The first kappa shape index (κ1) is 23.4. The maximum atomic E-state index is 13.2. The topological polar surface area (TPSA) is 105 Å². The van der Waals surface area contributed by atoms with Crippen LogP contribution in [0.15, 0.2) is 48.5 Å². The predicted molar refractivity (Wildman–Crippen MR) is 131 cm³/mol. The van der Waals surface area contributed by atoms with Crippen LogP contribution in [0.25, 0.3) is 11.1 Å². The molecule has 3 aliphatic rings. The number of fused-ring (bicyclic) bond motifs is 3. The Balaban J connectivity index is 1.24. The van der Waals surface area contributed by atoms with Crippen molar-refractivity contribution in [1.29, 1.82) is 0 Å². The number of hydrogen-bond acceptors (Lipinski definition) is 4. The Labute approximate surface area is 205 Å². The number of carboxylic acid groups (broad SMARTS) is 1. The van der Waals surface area contributed by atoms with Gasteiger partial charge in [0, 0.05) is 5.92 Å². The van der Waals surface area contributed by atoms with Gasteiger partial charge < -0.3 is 20.5 Å². The fourth-order valence-corrected chi connectivity index (χ4v) is 5.74. The average Bonchev–Trinajstić information content (AvgIpc) is 3.45. The third-order valence-electron chi connectivity index (χ3n) is 7.66. The lowest BCUT2D eigenvalue weighted by Gasteiger charge is -2.31. The number of benzene rings is 2. The molecular weight excluding hydrogens is 444 g/mol. The maximum Gasteiger partial charge on any atom is 0.407 e. The van der Waals surface area contributed by atoms with E-state index >= 15 is 0 Å². The van der Waals surface area contributed by atoms with Gasteiger partial charge >= 0.3 is 12.1 Å². The average molecular weight is 477 g/mol. The van der Waals surface area contributed by atoms with Crippen molar-refractivity contribution < 1.29 is 24.2 Å². The van der Waals surface area contributed by atoms with Crippen LogP contribution in [0.4, 0.5) is 4.79 Å². The number of hydrogen-bond donors (Lipinski definition) is 3. The molecule has 2 saturated carbocycles. The van der Waals surface area contributed by atoms with E-state index in [0.717, 1.165) is 47.9 Å². The van der Waals surface area contributed by atoms with Crippen molar-refractivity contribution in [2.45, 2.75) is 68.9 Å². The number of ether oxygens (including phenoxy) is 1. The maximum absolute atomic E-state index is 13.2. The molecule has 7 heteroatoms. The van der Waals surface area contributed by atoms with E-state index in [9.17, 15) is 19.5 Å². The highest BCUT2D eigenvalue weighted by Crippen LogP contribution is 2.44. The summed E-state index contributed by atoms with van der Waals surface area (Å²) in [6.07, 6.45) is 4.97. The monoisotopic (exact) mass is 476 g/mol. The smallest absolute Gasteiger partial charge is 0.407 e. The lowest BCUT2D eigenvalue weighted by atomic mass is 9.92. The summed E-state index contributed by atoms with van der Waals surface area (Å²) in [5, 5.41) is 15.1. The van der Waals surface area contributed by atoms with Gasteiger partial charge in [0.1, 0.15) is 12.6 Å². The van der Waals surface area contributed by atoms with Crippen molar-refractivity contribution in [2.75, 3.05) is 6.61 Å². The van der Waals surface area contributed by atoms with Gasteiger partial charge in [-0.2, -0.15) is 0 Å². The van der Waals surface area contributed by atoms with E-state index in [-0.39, 0.29) is 24.9 Å². The summed E-state index contributed by atoms with van der Waals surface area (Å²) in [5.41, 5.74) is 3.84. The Kier molecular flexibility index (Phi) is 6.50. The van der Waals surface area contributed by atoms with E-state index in [0.29, 0.717) is 25.2 Å². The number of carbonyl (C=O) groups excluding carboxylic acids is 2. The van der Waals surface area contributed by atoms with Crippen LogP contribution in [0, 0.1) is 5.92 Å². The van der Waals surface area contributed by atoms with Gasteiger partial charge in [-0.3, -0.25) is 9.59 Å². The van der Waals surface area contributed by atoms with E-state index in [4.69, 9.17) is 4.74 Å². The zero-order chi connectivity index (χ0) is 24.4. The van der Waals surface area contributed by atoms with Crippen molar-refractivity contribution in [2.24, 2.45) is 5.92 Å². The first-order chi connectivity index (χ1) is 16.9. The highest BCUT2D eigenvalue weighted by atomic mass is 16.5. The van der Waals surface area contributed by atoms with Gasteiger partial charge in [0.2, 0.25) is 5.91 Å². The lowest BCUT2D eigenvalue weighted by molar-refractivity contribution is -0.139. The minimum Gasteiger partial charge on any atom is -0.481 e. The molecule has 7 nitrogen and oxygen atoms in total. The first-order valence-electron chi connectivity index (χ1n) is 12.6. The lowest BCUT2D eigenvalue weighted by Crippen LogP contribution is -2.55. The Morgan fingerprint density at radius 1 is 0.971 bits per heavy atom. The van der Waals surface area contributed by atoms with Crippen molar-refractivity contribution in [1.82, 2.24) is 10.6 Å². The van der Waals surface area contributed by atoms with E-state index in [1.165, 1.54) is 0 Å². The standard InChI is InChI=1S/C28H32N2O5/c31-25(32)16-28(13-5-6-14-28)30-26(33)24(15-18-11-12-18)29-27(34)35-17-23-21-9-3-1-7-19(21)20-8-2-4-10-22(20)23/h1-4,7-10,18,23-24H,5-6,11-17H2,(H,29,34)(H,30,33)(H,31,32)/t24-/m0/s1. The molecule has 0 aliphatic heterocycles. The van der Waals surface area contributed by atoms with Crippen molar-refractivity contribution in [3.05, 3.63) is 59.7 Å². The molecule has 2 aromatic rings. The number of carboxylic acids is 1. The van der Waals surface area contributed by atoms with E-state index in [1.54, 1.807) is 0 Å². The molecule has 1 atom stereocenters. The van der Waals surface area contributed by atoms with Gasteiger partial charge in [-0.25, -0.2) is 4.79 Å². The zero-order valence-electron chi connectivity index (χ0n) is 19.8. The van der Waals surface area contributed by atoms with Crippen molar-refractivity contribution in [3.8, 4) is 11.1 Å². The minimum atomic E-state index is -0.921. The summed E-state index contributed by atoms with van der Waals surface area (Å²) in [6, 6.07) is 15.6. The number of amides is 2. The van der Waals surface area contributed by atoms with Gasteiger partial charge in [-0.1, -0.05) is 74.2 Å². The highest BCUT2D eigenvalue weighted by molar-refractivity contribution is 5.87. The normalized spacial score (nSPS) is 18.9. The van der Waals surface area contributed by atoms with Crippen LogP contribution >= 0.6 is 0 Å². The highest BCUT2D eigenvalue weighted by Gasteiger charge is 2.40. The number of alkyl carbamates (subject to hydrolysis) is 1. The third kappa shape index (κ3) is 5.19. The molecule has 0 bridgehead atoms. The number of rotatable bonds is 9. The molecule has 2 aromatic carbocycles. The van der Waals surface area contributed by atoms with Crippen LogP contribution in [0.5, 0.6) is 0 Å². The van der Waals surface area contributed by atoms with Gasteiger partial charge in [-0.05, 0) is 47.4 Å². The molecule has 0 aromatic heterocycles. The van der Waals surface area contributed by atoms with Crippen LogP contribution in [-0.4, -0.2) is 41.3 Å². The minimum absolute atomic E-state index is 0.0545. The van der Waals surface area contributed by atoms with Gasteiger partial charge in [0.25, 0.3) is 0 Å². The molecular formula is C28H32N2O5. The van der Waals surface area contributed by atoms with Gasteiger partial charge in [0.15, 0.2) is 0 Å². The van der Waals surface area contributed by atoms with E-state index in [1.807, 2.05) is 24.3 Å². The molecule has 5 rings (SSSR count). The molecule has 0 saturated heterocycles. The Morgan fingerprint density at radius 3 is 2.14 bits per heavy atom. The summed E-state index contributed by atoms with van der Waals surface area (Å²) in [7, 11) is 0. The van der Waals surface area contributed by atoms with Gasteiger partial charge in [-0.15, -0.1) is 0 Å². The van der Waals surface area contributed by atoms with Crippen LogP contribution in [-0.2, 0) is 14.3 Å². The quantitative estimate of drug-likeness (QED) is 0.491. The molecule has 0 spiro atoms. The second-order valence-electron chi connectivity index (χ2n) is 10.2. The molecule has 0 unspecified atom stereocenters. The molecule has 2 amide bonds. The van der Waals surface area contributed by atoms with Crippen molar-refractivity contribution >= 4 is 18.0 Å². The molecule has 184 valence electrons. The Morgan fingerprint density at radius 2 is 1.57 bits per heavy atom. The molecule has 3 aliphatic carbocycles. The summed E-state index contributed by atoms with van der Waals surface area (Å²) < 4.78 is 5.66. The fraction of sp³-hybridized carbons (Fsp3) is 0.464. The molecule has 0 heterocycles. The fourth-order valence-electron chi connectivity index (χ4n) is 5.74. The second kappa shape index (κ2) is 9.72. The van der Waals surface area contributed by atoms with E-state index < -0.39 is 23.6 Å². The summed E-state index contributed by atoms with van der Waals surface area (Å²) in [5.74, 6) is -0.885. The molecule has 2 fully saturated rings. The number of nitrogens with one attached hydrogen (secondary N) is 2. The molecule has 35 heavy (non-hydrogen) atoms. The van der Waals surface area contributed by atoms with Crippen LogP contribution in [0.2, 0.25) is 0 Å². The third-order valence-corrected chi connectivity index (χ3v) is 7.66. The summed E-state index contributed by atoms with van der Waals surface area (Å²) in [6.45, 7) is 0.181. The number of carbonyl (C=O) groups is 3. The Bertz CT molecular complexity index is 1070. The van der Waals surface area contributed by atoms with Gasteiger partial charge in [0.05, 0.1) is 12.0 Å². The SMILES string of the molecule is O=C(O)CC1(NC(=O)[C@H](CC2CC2)NC(=O)OCC2c3ccccc3-c3ccccc32)CCCC1. The van der Waals surface area contributed by atoms with Crippen LogP contribution in [0.1, 0.15) is 68.4 Å². The van der Waals surface area contributed by atoms with Crippen LogP contribution in [0.3, 0.4) is 0 Å². The second-order valence-corrected chi connectivity index (χ2v) is 10.2.